The van der Waals surface area contributed by atoms with Crippen LogP contribution >= 0.6 is 0 Å². The summed E-state index contributed by atoms with van der Waals surface area (Å²) in [6, 6.07) is 12.1. The summed E-state index contributed by atoms with van der Waals surface area (Å²) in [6.07, 6.45) is 0.0447. The third kappa shape index (κ3) is 6.58. The first kappa shape index (κ1) is 22.4. The summed E-state index contributed by atoms with van der Waals surface area (Å²) in [6.45, 7) is 4.12. The normalized spacial score (nSPS) is 11.0. The molecule has 0 unspecified atom stereocenters. The van der Waals surface area contributed by atoms with Gasteiger partial charge in [-0.1, -0.05) is 30.3 Å². The fraction of sp³-hybridized carbons (Fsp3) is 0.300. The highest BCUT2D eigenvalue weighted by Crippen LogP contribution is 2.23. The van der Waals surface area contributed by atoms with E-state index in [9.17, 15) is 18.0 Å². The Morgan fingerprint density at radius 1 is 1.10 bits per heavy atom. The molecule has 2 rings (SSSR count). The third-order valence-electron chi connectivity index (χ3n) is 4.48. The Balaban J connectivity index is 1.89. The molecule has 0 aliphatic heterocycles. The first-order chi connectivity index (χ1) is 13.6. The van der Waals surface area contributed by atoms with Crippen LogP contribution in [0.4, 0.5) is 10.5 Å². The molecule has 3 amide bonds. The Hall–Kier alpha value is -2.91. The van der Waals surface area contributed by atoms with Gasteiger partial charge in [0.1, 0.15) is 0 Å². The van der Waals surface area contributed by atoms with E-state index < -0.39 is 10.0 Å². The first-order valence-electron chi connectivity index (χ1n) is 9.04. The van der Waals surface area contributed by atoms with E-state index in [1.54, 1.807) is 20.9 Å². The number of rotatable bonds is 7. The molecule has 2 aromatic rings. The molecule has 0 aromatic heterocycles. The summed E-state index contributed by atoms with van der Waals surface area (Å²) < 4.78 is 23.2. The number of carbonyl (C=O) groups excluding carboxylic acids is 2. The summed E-state index contributed by atoms with van der Waals surface area (Å²) in [5, 5.41) is 10.6. The van der Waals surface area contributed by atoms with Gasteiger partial charge in [0.05, 0.1) is 4.90 Å². The zero-order chi connectivity index (χ0) is 21.6. The van der Waals surface area contributed by atoms with Gasteiger partial charge in [-0.05, 0) is 42.7 Å². The SMILES string of the molecule is Cc1cc(S(N)(=O)=O)cc(NC(=O)CCNC(=O)N(C)Cc2ccccc2)c1C. The number of primary sulfonamides is 1. The van der Waals surface area contributed by atoms with Crippen molar-refractivity contribution in [3.05, 3.63) is 59.2 Å². The molecular weight excluding hydrogens is 392 g/mol. The number of aryl methyl sites for hydroxylation is 1. The number of anilines is 1. The Bertz CT molecular complexity index is 991. The van der Waals surface area contributed by atoms with Crippen molar-refractivity contribution >= 4 is 27.6 Å². The fourth-order valence-electron chi connectivity index (χ4n) is 2.68. The van der Waals surface area contributed by atoms with Gasteiger partial charge in [-0.15, -0.1) is 0 Å². The van der Waals surface area contributed by atoms with Crippen LogP contribution in [-0.4, -0.2) is 38.8 Å². The van der Waals surface area contributed by atoms with Crippen LogP contribution in [-0.2, 0) is 21.4 Å². The molecule has 9 heteroatoms. The molecule has 0 aliphatic carbocycles. The average Bonchev–Trinajstić information content (AvgIpc) is 2.65. The number of urea groups is 1. The number of hydrogen-bond donors (Lipinski definition) is 3. The molecule has 0 aliphatic rings. The molecule has 0 saturated carbocycles. The fourth-order valence-corrected chi connectivity index (χ4v) is 3.30. The number of amides is 3. The van der Waals surface area contributed by atoms with Crippen molar-refractivity contribution in [1.82, 2.24) is 10.2 Å². The predicted octanol–water partition coefficient (Wildman–Crippen LogP) is 2.12. The number of hydrogen-bond acceptors (Lipinski definition) is 4. The maximum absolute atomic E-state index is 12.2. The lowest BCUT2D eigenvalue weighted by Gasteiger charge is -2.18. The number of sulfonamides is 1. The molecule has 0 radical (unpaired) electrons. The van der Waals surface area contributed by atoms with E-state index in [1.165, 1.54) is 17.0 Å². The van der Waals surface area contributed by atoms with E-state index >= 15 is 0 Å². The minimum Gasteiger partial charge on any atom is -0.337 e. The molecule has 4 N–H and O–H groups in total. The standard InChI is InChI=1S/C20H26N4O4S/c1-14-11-17(29(21,27)28)12-18(15(14)2)23-19(25)9-10-22-20(26)24(3)13-16-7-5-4-6-8-16/h4-8,11-12H,9-10,13H2,1-3H3,(H,22,26)(H,23,25)(H2,21,27,28). The van der Waals surface area contributed by atoms with Crippen LogP contribution in [0.3, 0.4) is 0 Å². The van der Waals surface area contributed by atoms with Gasteiger partial charge in [0.15, 0.2) is 0 Å². The average molecular weight is 419 g/mol. The third-order valence-corrected chi connectivity index (χ3v) is 5.37. The molecule has 0 heterocycles. The number of nitrogens with two attached hydrogens (primary N) is 1. The van der Waals surface area contributed by atoms with Crippen LogP contribution in [0, 0.1) is 13.8 Å². The van der Waals surface area contributed by atoms with Crippen molar-refractivity contribution in [2.24, 2.45) is 5.14 Å². The largest absolute Gasteiger partial charge is 0.337 e. The number of carbonyl (C=O) groups is 2. The lowest BCUT2D eigenvalue weighted by molar-refractivity contribution is -0.116. The lowest BCUT2D eigenvalue weighted by Crippen LogP contribution is -2.38. The van der Waals surface area contributed by atoms with Gasteiger partial charge < -0.3 is 15.5 Å². The molecule has 0 spiro atoms. The van der Waals surface area contributed by atoms with E-state index in [2.05, 4.69) is 10.6 Å². The highest BCUT2D eigenvalue weighted by atomic mass is 32.2. The second-order valence-electron chi connectivity index (χ2n) is 6.83. The smallest absolute Gasteiger partial charge is 0.317 e. The highest BCUT2D eigenvalue weighted by molar-refractivity contribution is 7.89. The van der Waals surface area contributed by atoms with Crippen molar-refractivity contribution in [2.75, 3.05) is 18.9 Å². The Morgan fingerprint density at radius 2 is 1.76 bits per heavy atom. The zero-order valence-corrected chi connectivity index (χ0v) is 17.5. The molecule has 2 aromatic carbocycles. The first-order valence-corrected chi connectivity index (χ1v) is 10.6. The predicted molar refractivity (Wildman–Crippen MR) is 112 cm³/mol. The maximum Gasteiger partial charge on any atom is 0.317 e. The van der Waals surface area contributed by atoms with E-state index in [0.29, 0.717) is 17.8 Å². The molecule has 8 nitrogen and oxygen atoms in total. The summed E-state index contributed by atoms with van der Waals surface area (Å²) >= 11 is 0. The van der Waals surface area contributed by atoms with Crippen LogP contribution in [0.5, 0.6) is 0 Å². The number of nitrogens with one attached hydrogen (secondary N) is 2. The Morgan fingerprint density at radius 3 is 2.38 bits per heavy atom. The van der Waals surface area contributed by atoms with Crippen molar-refractivity contribution in [1.29, 1.82) is 0 Å². The van der Waals surface area contributed by atoms with Gasteiger partial charge in [-0.25, -0.2) is 18.4 Å². The van der Waals surface area contributed by atoms with E-state index in [1.807, 2.05) is 30.3 Å². The second-order valence-corrected chi connectivity index (χ2v) is 8.39. The minimum absolute atomic E-state index is 0.0447. The van der Waals surface area contributed by atoms with Crippen molar-refractivity contribution in [3.8, 4) is 0 Å². The quantitative estimate of drug-likeness (QED) is 0.637. The van der Waals surface area contributed by atoms with Gasteiger partial charge >= 0.3 is 6.03 Å². The minimum atomic E-state index is -3.88. The molecule has 29 heavy (non-hydrogen) atoms. The monoisotopic (exact) mass is 418 g/mol. The van der Waals surface area contributed by atoms with Crippen LogP contribution in [0.1, 0.15) is 23.1 Å². The van der Waals surface area contributed by atoms with Crippen molar-refractivity contribution < 1.29 is 18.0 Å². The molecule has 0 fully saturated rings. The molecule has 0 atom stereocenters. The van der Waals surface area contributed by atoms with Crippen LogP contribution < -0.4 is 15.8 Å². The van der Waals surface area contributed by atoms with Gasteiger partial charge in [-0.3, -0.25) is 4.79 Å². The summed E-state index contributed by atoms with van der Waals surface area (Å²) in [5.74, 6) is -0.343. The topological polar surface area (TPSA) is 122 Å². The van der Waals surface area contributed by atoms with E-state index in [4.69, 9.17) is 5.14 Å². The van der Waals surface area contributed by atoms with Crippen molar-refractivity contribution in [2.45, 2.75) is 31.7 Å². The van der Waals surface area contributed by atoms with Crippen LogP contribution in [0.15, 0.2) is 47.4 Å². The zero-order valence-electron chi connectivity index (χ0n) is 16.7. The Kier molecular flexibility index (Phi) is 7.35. The number of nitrogens with zero attached hydrogens (tertiary/aromatic N) is 1. The summed E-state index contributed by atoms with van der Waals surface area (Å²) in [7, 11) is -2.20. The van der Waals surface area contributed by atoms with Crippen molar-refractivity contribution in [3.63, 3.8) is 0 Å². The summed E-state index contributed by atoms with van der Waals surface area (Å²) in [4.78, 5) is 25.8. The van der Waals surface area contributed by atoms with E-state index in [0.717, 1.165) is 11.1 Å². The van der Waals surface area contributed by atoms with Gasteiger partial charge in [0.25, 0.3) is 0 Å². The van der Waals surface area contributed by atoms with E-state index in [-0.39, 0.29) is 29.8 Å². The van der Waals surface area contributed by atoms with Gasteiger partial charge in [0, 0.05) is 32.2 Å². The second kappa shape index (κ2) is 9.53. The van der Waals surface area contributed by atoms with Crippen LogP contribution in [0.2, 0.25) is 0 Å². The number of benzene rings is 2. The maximum atomic E-state index is 12.2. The summed E-state index contributed by atoms with van der Waals surface area (Å²) in [5.41, 5.74) is 2.83. The molecule has 0 bridgehead atoms. The van der Waals surface area contributed by atoms with Gasteiger partial charge in [0.2, 0.25) is 15.9 Å². The molecule has 156 valence electrons. The Labute approximate surface area is 171 Å². The van der Waals surface area contributed by atoms with Crippen LogP contribution in [0.25, 0.3) is 0 Å². The highest BCUT2D eigenvalue weighted by Gasteiger charge is 2.15. The molecular formula is C20H26N4O4S. The lowest BCUT2D eigenvalue weighted by atomic mass is 10.1. The molecule has 0 saturated heterocycles. The van der Waals surface area contributed by atoms with Gasteiger partial charge in [-0.2, -0.15) is 0 Å².